The number of carbonyl (C=O) groups is 1. The van der Waals surface area contributed by atoms with E-state index in [0.29, 0.717) is 16.9 Å². The summed E-state index contributed by atoms with van der Waals surface area (Å²) >= 11 is 0. The average Bonchev–Trinajstić information content (AvgIpc) is 2.83. The third-order valence-corrected chi connectivity index (χ3v) is 2.28. The van der Waals surface area contributed by atoms with Gasteiger partial charge in [0.1, 0.15) is 6.61 Å². The Morgan fingerprint density at radius 3 is 3.00 bits per heavy atom. The Balaban J connectivity index is 2.13. The number of aromatic nitrogens is 1. The lowest BCUT2D eigenvalue weighted by Crippen LogP contribution is -2.10. The predicted octanol–water partition coefficient (Wildman–Crippen LogP) is 1.58. The molecular weight excluding hydrogens is 244 g/mol. The van der Waals surface area contributed by atoms with Crippen LogP contribution in [0, 0.1) is 18.8 Å². The first-order valence-electron chi connectivity index (χ1n) is 5.63. The summed E-state index contributed by atoms with van der Waals surface area (Å²) in [4.78, 5) is 11.8. The standard InChI is InChI=1S/C14H12N2O3/c1-10-8-13(19-16-10)14(18)15-12-6-2-4-11(9-12)5-3-7-17/h2,4,6,8-9,17H,7H2,1H3,(H,15,18). The topological polar surface area (TPSA) is 75.4 Å². The molecule has 96 valence electrons. The molecule has 1 aromatic heterocycles. The zero-order chi connectivity index (χ0) is 13.7. The third kappa shape index (κ3) is 3.44. The molecule has 0 saturated carbocycles. The molecular formula is C14H12N2O3. The highest BCUT2D eigenvalue weighted by atomic mass is 16.5. The first-order chi connectivity index (χ1) is 9.19. The van der Waals surface area contributed by atoms with Crippen molar-refractivity contribution < 1.29 is 14.4 Å². The first-order valence-corrected chi connectivity index (χ1v) is 5.63. The van der Waals surface area contributed by atoms with E-state index in [4.69, 9.17) is 9.63 Å². The minimum atomic E-state index is -0.368. The van der Waals surface area contributed by atoms with Crippen LogP contribution >= 0.6 is 0 Å². The summed E-state index contributed by atoms with van der Waals surface area (Å²) in [5, 5.41) is 15.0. The SMILES string of the molecule is Cc1cc(C(=O)Nc2cccc(C#CCO)c2)on1. The van der Waals surface area contributed by atoms with Crippen LogP contribution in [-0.2, 0) is 0 Å². The molecule has 1 heterocycles. The Bertz CT molecular complexity index is 650. The van der Waals surface area contributed by atoms with Crippen molar-refractivity contribution in [2.45, 2.75) is 6.92 Å². The van der Waals surface area contributed by atoms with E-state index in [1.54, 1.807) is 37.3 Å². The number of nitrogens with zero attached hydrogens (tertiary/aromatic N) is 1. The Hall–Kier alpha value is -2.58. The summed E-state index contributed by atoms with van der Waals surface area (Å²) in [5.74, 6) is 5.10. The van der Waals surface area contributed by atoms with E-state index in [0.717, 1.165) is 0 Å². The number of benzene rings is 1. The second kappa shape index (κ2) is 5.85. The highest BCUT2D eigenvalue weighted by Gasteiger charge is 2.11. The molecule has 0 aliphatic rings. The van der Waals surface area contributed by atoms with Crippen LogP contribution in [0.3, 0.4) is 0 Å². The molecule has 5 heteroatoms. The van der Waals surface area contributed by atoms with Gasteiger partial charge in [0.15, 0.2) is 0 Å². The number of aliphatic hydroxyl groups is 1. The molecule has 0 fully saturated rings. The van der Waals surface area contributed by atoms with Crippen molar-refractivity contribution in [1.29, 1.82) is 0 Å². The summed E-state index contributed by atoms with van der Waals surface area (Å²) in [6.07, 6.45) is 0. The van der Waals surface area contributed by atoms with E-state index in [1.165, 1.54) is 0 Å². The molecule has 0 atom stereocenters. The van der Waals surface area contributed by atoms with Crippen LogP contribution in [0.1, 0.15) is 21.8 Å². The largest absolute Gasteiger partial charge is 0.384 e. The molecule has 5 nitrogen and oxygen atoms in total. The molecule has 2 rings (SSSR count). The number of rotatable bonds is 2. The molecule has 2 N–H and O–H groups in total. The highest BCUT2D eigenvalue weighted by Crippen LogP contribution is 2.12. The number of anilines is 1. The summed E-state index contributed by atoms with van der Waals surface area (Å²) in [6, 6.07) is 8.57. The van der Waals surface area contributed by atoms with Gasteiger partial charge in [-0.05, 0) is 25.1 Å². The van der Waals surface area contributed by atoms with Gasteiger partial charge < -0.3 is 14.9 Å². The van der Waals surface area contributed by atoms with Crippen molar-refractivity contribution in [2.75, 3.05) is 11.9 Å². The predicted molar refractivity (Wildman–Crippen MR) is 69.6 cm³/mol. The monoisotopic (exact) mass is 256 g/mol. The Labute approximate surface area is 110 Å². The molecule has 0 aliphatic heterocycles. The van der Waals surface area contributed by atoms with Crippen LogP contribution < -0.4 is 5.32 Å². The third-order valence-electron chi connectivity index (χ3n) is 2.28. The van der Waals surface area contributed by atoms with Crippen molar-refractivity contribution in [1.82, 2.24) is 5.16 Å². The lowest BCUT2D eigenvalue weighted by molar-refractivity contribution is 0.0988. The zero-order valence-corrected chi connectivity index (χ0v) is 10.3. The van der Waals surface area contributed by atoms with Gasteiger partial charge in [-0.2, -0.15) is 0 Å². The van der Waals surface area contributed by atoms with Crippen molar-refractivity contribution >= 4 is 11.6 Å². The molecule has 0 bridgehead atoms. The number of aliphatic hydroxyl groups excluding tert-OH is 1. The number of hydrogen-bond acceptors (Lipinski definition) is 4. The number of nitrogens with one attached hydrogen (secondary N) is 1. The van der Waals surface area contributed by atoms with Gasteiger partial charge in [-0.25, -0.2) is 0 Å². The maximum atomic E-state index is 11.8. The summed E-state index contributed by atoms with van der Waals surface area (Å²) < 4.78 is 4.87. The molecule has 2 aromatic rings. The van der Waals surface area contributed by atoms with E-state index in [-0.39, 0.29) is 18.3 Å². The van der Waals surface area contributed by atoms with E-state index < -0.39 is 0 Å². The van der Waals surface area contributed by atoms with E-state index in [9.17, 15) is 4.79 Å². The van der Waals surface area contributed by atoms with E-state index in [1.807, 2.05) is 0 Å². The van der Waals surface area contributed by atoms with Gasteiger partial charge >= 0.3 is 0 Å². The molecule has 0 spiro atoms. The van der Waals surface area contributed by atoms with E-state index >= 15 is 0 Å². The quantitative estimate of drug-likeness (QED) is 0.800. The fourth-order valence-corrected chi connectivity index (χ4v) is 1.48. The Morgan fingerprint density at radius 1 is 1.47 bits per heavy atom. The smallest absolute Gasteiger partial charge is 0.294 e. The van der Waals surface area contributed by atoms with Gasteiger partial charge in [0.25, 0.3) is 5.91 Å². The van der Waals surface area contributed by atoms with Gasteiger partial charge in [-0.15, -0.1) is 0 Å². The van der Waals surface area contributed by atoms with Crippen molar-refractivity contribution in [2.24, 2.45) is 0 Å². The molecule has 19 heavy (non-hydrogen) atoms. The van der Waals surface area contributed by atoms with Crippen molar-refractivity contribution in [3.8, 4) is 11.8 Å². The lowest BCUT2D eigenvalue weighted by atomic mass is 10.2. The zero-order valence-electron chi connectivity index (χ0n) is 10.3. The van der Waals surface area contributed by atoms with Crippen LogP contribution in [-0.4, -0.2) is 22.8 Å². The second-order valence-corrected chi connectivity index (χ2v) is 3.83. The Kier molecular flexibility index (Phi) is 3.96. The van der Waals surface area contributed by atoms with Gasteiger partial charge in [-0.3, -0.25) is 4.79 Å². The van der Waals surface area contributed by atoms with Crippen LogP contribution in [0.5, 0.6) is 0 Å². The fourth-order valence-electron chi connectivity index (χ4n) is 1.48. The maximum absolute atomic E-state index is 11.8. The summed E-state index contributed by atoms with van der Waals surface area (Å²) in [6.45, 7) is 1.54. The van der Waals surface area contributed by atoms with Crippen LogP contribution in [0.4, 0.5) is 5.69 Å². The molecule has 0 radical (unpaired) electrons. The average molecular weight is 256 g/mol. The van der Waals surface area contributed by atoms with Crippen LogP contribution in [0.2, 0.25) is 0 Å². The van der Waals surface area contributed by atoms with Crippen LogP contribution in [0.15, 0.2) is 34.9 Å². The van der Waals surface area contributed by atoms with E-state index in [2.05, 4.69) is 22.3 Å². The minimum absolute atomic E-state index is 0.157. The summed E-state index contributed by atoms with van der Waals surface area (Å²) in [5.41, 5.74) is 1.96. The minimum Gasteiger partial charge on any atom is -0.384 e. The number of carbonyl (C=O) groups excluding carboxylic acids is 1. The molecule has 0 unspecified atom stereocenters. The molecule has 0 aliphatic carbocycles. The summed E-state index contributed by atoms with van der Waals surface area (Å²) in [7, 11) is 0. The second-order valence-electron chi connectivity index (χ2n) is 3.83. The maximum Gasteiger partial charge on any atom is 0.294 e. The number of hydrogen-bond donors (Lipinski definition) is 2. The molecule has 1 amide bonds. The van der Waals surface area contributed by atoms with Gasteiger partial charge in [0, 0.05) is 17.3 Å². The van der Waals surface area contributed by atoms with Gasteiger partial charge in [-0.1, -0.05) is 23.1 Å². The van der Waals surface area contributed by atoms with Gasteiger partial charge in [0.2, 0.25) is 5.76 Å². The number of amides is 1. The van der Waals surface area contributed by atoms with Crippen LogP contribution in [0.25, 0.3) is 0 Å². The normalized spacial score (nSPS) is 9.58. The number of aryl methyl sites for hydroxylation is 1. The van der Waals surface area contributed by atoms with Crippen molar-refractivity contribution in [3.05, 3.63) is 47.3 Å². The Morgan fingerprint density at radius 2 is 2.32 bits per heavy atom. The van der Waals surface area contributed by atoms with Crippen molar-refractivity contribution in [3.63, 3.8) is 0 Å². The van der Waals surface area contributed by atoms with Gasteiger partial charge in [0.05, 0.1) is 5.69 Å². The lowest BCUT2D eigenvalue weighted by Gasteiger charge is -2.02. The molecule has 0 saturated heterocycles. The molecule has 1 aromatic carbocycles. The first kappa shape index (κ1) is 12.9. The fraction of sp³-hybridized carbons (Fsp3) is 0.143. The highest BCUT2D eigenvalue weighted by molar-refractivity contribution is 6.02.